The highest BCUT2D eigenvalue weighted by Crippen LogP contribution is 2.38. The van der Waals surface area contributed by atoms with Crippen LogP contribution in [-0.4, -0.2) is 14.2 Å². The van der Waals surface area contributed by atoms with Crippen molar-refractivity contribution in [1.82, 2.24) is 0 Å². The van der Waals surface area contributed by atoms with Gasteiger partial charge in [-0.05, 0) is 24.3 Å². The molecule has 0 aliphatic rings. The van der Waals surface area contributed by atoms with Crippen molar-refractivity contribution < 1.29 is 18.3 Å². The highest BCUT2D eigenvalue weighted by Gasteiger charge is 2.22. The molecule has 0 aliphatic carbocycles. The van der Waals surface area contributed by atoms with Crippen LogP contribution in [0.15, 0.2) is 34.8 Å². The van der Waals surface area contributed by atoms with Crippen LogP contribution in [0.25, 0.3) is 0 Å². The van der Waals surface area contributed by atoms with Crippen LogP contribution < -0.4 is 9.47 Å². The molecule has 2 aromatic carbocycles. The number of ether oxygens (including phenoxy) is 2. The van der Waals surface area contributed by atoms with E-state index in [0.29, 0.717) is 10.2 Å². The lowest BCUT2D eigenvalue weighted by Crippen LogP contribution is -2.02. The average Bonchev–Trinajstić information content (AvgIpc) is 2.48. The summed E-state index contributed by atoms with van der Waals surface area (Å²) >= 11 is 9.48. The topological polar surface area (TPSA) is 18.5 Å². The largest absolute Gasteiger partial charge is 0.493 e. The number of hydrogen-bond donors (Lipinski definition) is 0. The SMILES string of the molecule is COc1cc(F)c(C(Cl)c2cc(Br)ccc2F)cc1OC. The number of halogens is 4. The second kappa shape index (κ2) is 6.62. The molecule has 0 bridgehead atoms. The quantitative estimate of drug-likeness (QED) is 0.692. The van der Waals surface area contributed by atoms with Gasteiger partial charge in [0.05, 0.1) is 19.6 Å². The number of hydrogen-bond acceptors (Lipinski definition) is 2. The minimum Gasteiger partial charge on any atom is -0.493 e. The molecular weight excluding hydrogens is 366 g/mol. The molecule has 0 aromatic heterocycles. The summed E-state index contributed by atoms with van der Waals surface area (Å²) in [5, 5.41) is -0.984. The predicted molar refractivity (Wildman–Crippen MR) is 81.3 cm³/mol. The maximum atomic E-state index is 14.2. The number of rotatable bonds is 4. The van der Waals surface area contributed by atoms with E-state index in [2.05, 4.69) is 15.9 Å². The van der Waals surface area contributed by atoms with Crippen LogP contribution >= 0.6 is 27.5 Å². The zero-order valence-electron chi connectivity index (χ0n) is 11.3. The first kappa shape index (κ1) is 16.0. The molecule has 0 N–H and O–H groups in total. The molecule has 0 saturated heterocycles. The maximum absolute atomic E-state index is 14.2. The Morgan fingerprint density at radius 3 is 2.14 bits per heavy atom. The molecule has 112 valence electrons. The smallest absolute Gasteiger partial charge is 0.163 e. The lowest BCUT2D eigenvalue weighted by molar-refractivity contribution is 0.351. The van der Waals surface area contributed by atoms with Gasteiger partial charge in [-0.1, -0.05) is 15.9 Å². The van der Waals surface area contributed by atoms with Crippen molar-refractivity contribution in [2.75, 3.05) is 14.2 Å². The molecule has 2 rings (SSSR count). The first-order valence-electron chi connectivity index (χ1n) is 5.98. The van der Waals surface area contributed by atoms with Crippen molar-refractivity contribution in [3.05, 3.63) is 57.6 Å². The monoisotopic (exact) mass is 376 g/mol. The van der Waals surface area contributed by atoms with Crippen LogP contribution in [0.2, 0.25) is 0 Å². The van der Waals surface area contributed by atoms with Gasteiger partial charge in [-0.15, -0.1) is 11.6 Å². The van der Waals surface area contributed by atoms with E-state index in [1.54, 1.807) is 6.07 Å². The van der Waals surface area contributed by atoms with E-state index in [-0.39, 0.29) is 16.9 Å². The Hall–Kier alpha value is -1.33. The predicted octanol–water partition coefficient (Wildman–Crippen LogP) is 5.07. The summed E-state index contributed by atoms with van der Waals surface area (Å²) in [6, 6.07) is 6.91. The van der Waals surface area contributed by atoms with Crippen LogP contribution in [0.5, 0.6) is 11.5 Å². The molecule has 0 radical (unpaired) electrons. The molecule has 0 heterocycles. The Morgan fingerprint density at radius 1 is 0.952 bits per heavy atom. The van der Waals surface area contributed by atoms with Gasteiger partial charge in [0.25, 0.3) is 0 Å². The minimum atomic E-state index is -0.984. The Kier molecular flexibility index (Phi) is 5.06. The average molecular weight is 378 g/mol. The van der Waals surface area contributed by atoms with Gasteiger partial charge in [0, 0.05) is 21.7 Å². The molecule has 0 amide bonds. The third kappa shape index (κ3) is 3.30. The summed E-state index contributed by atoms with van der Waals surface area (Å²) in [7, 11) is 2.84. The molecule has 21 heavy (non-hydrogen) atoms. The summed E-state index contributed by atoms with van der Waals surface area (Å²) in [5.41, 5.74) is 0.295. The zero-order valence-corrected chi connectivity index (χ0v) is 13.6. The molecule has 0 spiro atoms. The van der Waals surface area contributed by atoms with E-state index in [1.165, 1.54) is 38.5 Å². The highest BCUT2D eigenvalue weighted by molar-refractivity contribution is 9.10. The van der Waals surface area contributed by atoms with Crippen molar-refractivity contribution in [1.29, 1.82) is 0 Å². The summed E-state index contributed by atoms with van der Waals surface area (Å²) in [4.78, 5) is 0. The van der Waals surface area contributed by atoms with E-state index >= 15 is 0 Å². The lowest BCUT2D eigenvalue weighted by Gasteiger charge is -2.16. The van der Waals surface area contributed by atoms with E-state index in [0.717, 1.165) is 0 Å². The van der Waals surface area contributed by atoms with E-state index in [4.69, 9.17) is 21.1 Å². The summed E-state index contributed by atoms with van der Waals surface area (Å²) < 4.78 is 38.8. The standard InChI is InChI=1S/C15H12BrClF2O2/c1-20-13-6-10(12(19)7-14(13)21-2)15(17)9-5-8(16)3-4-11(9)18/h3-7,15H,1-2H3. The van der Waals surface area contributed by atoms with Crippen LogP contribution in [0, 0.1) is 11.6 Å². The molecule has 0 saturated carbocycles. The first-order valence-corrected chi connectivity index (χ1v) is 7.21. The van der Waals surface area contributed by atoms with Crippen LogP contribution in [0.3, 0.4) is 0 Å². The van der Waals surface area contributed by atoms with Crippen molar-refractivity contribution in [2.45, 2.75) is 5.38 Å². The second-order valence-corrected chi connectivity index (χ2v) is 5.61. The third-order valence-corrected chi connectivity index (χ3v) is 3.97. The van der Waals surface area contributed by atoms with Gasteiger partial charge < -0.3 is 9.47 Å². The van der Waals surface area contributed by atoms with Gasteiger partial charge >= 0.3 is 0 Å². The van der Waals surface area contributed by atoms with Gasteiger partial charge in [-0.25, -0.2) is 8.78 Å². The molecule has 0 fully saturated rings. The Morgan fingerprint density at radius 2 is 1.52 bits per heavy atom. The van der Waals surface area contributed by atoms with E-state index in [1.807, 2.05) is 0 Å². The van der Waals surface area contributed by atoms with Crippen molar-refractivity contribution in [3.63, 3.8) is 0 Å². The van der Waals surface area contributed by atoms with Crippen molar-refractivity contribution in [2.24, 2.45) is 0 Å². The van der Waals surface area contributed by atoms with Gasteiger partial charge in [0.2, 0.25) is 0 Å². The van der Waals surface area contributed by atoms with Gasteiger partial charge in [-0.3, -0.25) is 0 Å². The lowest BCUT2D eigenvalue weighted by atomic mass is 10.0. The van der Waals surface area contributed by atoms with Crippen LogP contribution in [-0.2, 0) is 0 Å². The van der Waals surface area contributed by atoms with Crippen molar-refractivity contribution in [3.8, 4) is 11.5 Å². The highest BCUT2D eigenvalue weighted by atomic mass is 79.9. The Balaban J connectivity index is 2.52. The molecule has 2 nitrogen and oxygen atoms in total. The molecule has 1 atom stereocenters. The summed E-state index contributed by atoms with van der Waals surface area (Å²) in [6.07, 6.45) is 0. The van der Waals surface area contributed by atoms with Crippen molar-refractivity contribution >= 4 is 27.5 Å². The summed E-state index contributed by atoms with van der Waals surface area (Å²) in [6.45, 7) is 0. The van der Waals surface area contributed by atoms with Gasteiger partial charge in [0.15, 0.2) is 11.5 Å². The minimum absolute atomic E-state index is 0.117. The zero-order chi connectivity index (χ0) is 15.6. The molecule has 2 aromatic rings. The fraction of sp³-hybridized carbons (Fsp3) is 0.200. The number of alkyl halides is 1. The molecule has 6 heteroatoms. The number of methoxy groups -OCH3 is 2. The number of benzene rings is 2. The Bertz CT molecular complexity index is 664. The molecular formula is C15H12BrClF2O2. The van der Waals surface area contributed by atoms with Crippen LogP contribution in [0.4, 0.5) is 8.78 Å². The summed E-state index contributed by atoms with van der Waals surface area (Å²) in [5.74, 6) is -0.522. The first-order chi connectivity index (χ1) is 9.97. The fourth-order valence-electron chi connectivity index (χ4n) is 1.94. The normalized spacial score (nSPS) is 12.1. The Labute approximate surface area is 134 Å². The van der Waals surface area contributed by atoms with E-state index < -0.39 is 17.0 Å². The van der Waals surface area contributed by atoms with Gasteiger partial charge in [-0.2, -0.15) is 0 Å². The van der Waals surface area contributed by atoms with Gasteiger partial charge in [0.1, 0.15) is 11.6 Å². The van der Waals surface area contributed by atoms with E-state index in [9.17, 15) is 8.78 Å². The third-order valence-electron chi connectivity index (χ3n) is 3.01. The molecule has 1 unspecified atom stereocenters. The fourth-order valence-corrected chi connectivity index (χ4v) is 2.65. The van der Waals surface area contributed by atoms with Crippen LogP contribution in [0.1, 0.15) is 16.5 Å². The maximum Gasteiger partial charge on any atom is 0.163 e. The molecule has 0 aliphatic heterocycles. The second-order valence-electron chi connectivity index (χ2n) is 4.26.